The third-order valence-corrected chi connectivity index (χ3v) is 7.94. The van der Waals surface area contributed by atoms with Crippen LogP contribution < -0.4 is 4.90 Å². The van der Waals surface area contributed by atoms with Gasteiger partial charge < -0.3 is 4.90 Å². The van der Waals surface area contributed by atoms with Crippen molar-refractivity contribution in [3.05, 3.63) is 65.7 Å². The van der Waals surface area contributed by atoms with E-state index in [0.29, 0.717) is 5.69 Å². The molecule has 2 amide bonds. The maximum Gasteiger partial charge on any atom is 0.253 e. The van der Waals surface area contributed by atoms with Crippen molar-refractivity contribution in [1.82, 2.24) is 4.90 Å². The van der Waals surface area contributed by atoms with Crippen molar-refractivity contribution >= 4 is 27.3 Å². The minimum atomic E-state index is -3.75. The summed E-state index contributed by atoms with van der Waals surface area (Å²) in [4.78, 5) is 26.5. The summed E-state index contributed by atoms with van der Waals surface area (Å²) < 4.78 is 52.4. The van der Waals surface area contributed by atoms with Gasteiger partial charge in [-0.05, 0) is 30.3 Å². The van der Waals surface area contributed by atoms with Gasteiger partial charge in [-0.3, -0.25) is 14.5 Å². The van der Waals surface area contributed by atoms with E-state index in [4.69, 9.17) is 0 Å². The summed E-state index contributed by atoms with van der Waals surface area (Å²) in [6.45, 7) is 0.154. The second-order valence-corrected chi connectivity index (χ2v) is 9.47. The average Bonchev–Trinajstić information content (AvgIpc) is 2.89. The summed E-state index contributed by atoms with van der Waals surface area (Å²) in [5.41, 5.74) is 0.490. The summed E-state index contributed by atoms with van der Waals surface area (Å²) in [5.74, 6) is -3.74. The van der Waals surface area contributed by atoms with Gasteiger partial charge in [0.25, 0.3) is 5.91 Å². The van der Waals surface area contributed by atoms with E-state index in [0.717, 1.165) is 12.1 Å². The molecule has 2 aliphatic heterocycles. The Morgan fingerprint density at radius 1 is 0.966 bits per heavy atom. The van der Waals surface area contributed by atoms with E-state index in [1.165, 1.54) is 15.9 Å². The Morgan fingerprint density at radius 3 is 2.24 bits per heavy atom. The normalized spacial score (nSPS) is 20.3. The lowest BCUT2D eigenvalue weighted by molar-refractivity contribution is -0.116. The van der Waals surface area contributed by atoms with E-state index in [-0.39, 0.29) is 31.5 Å². The number of rotatable bonds is 2. The number of hydrogen-bond acceptors (Lipinski definition) is 4. The number of carbonyl (C=O) groups is 2. The molecule has 1 spiro atoms. The van der Waals surface area contributed by atoms with Gasteiger partial charge in [0.1, 0.15) is 5.75 Å². The van der Waals surface area contributed by atoms with Gasteiger partial charge in [-0.2, -0.15) is 0 Å². The molecule has 0 unspecified atom stereocenters. The van der Waals surface area contributed by atoms with Gasteiger partial charge in [-0.15, -0.1) is 0 Å². The molecule has 0 aromatic heterocycles. The number of para-hydroxylation sites is 1. The Bertz CT molecular complexity index is 1080. The van der Waals surface area contributed by atoms with E-state index in [2.05, 4.69) is 0 Å². The monoisotopic (exact) mass is 420 g/mol. The van der Waals surface area contributed by atoms with E-state index in [9.17, 15) is 26.8 Å². The molecule has 4 rings (SSSR count). The molecule has 2 heterocycles. The van der Waals surface area contributed by atoms with Crippen molar-refractivity contribution in [3.8, 4) is 0 Å². The zero-order valence-corrected chi connectivity index (χ0v) is 16.2. The molecule has 2 fully saturated rings. The Hall–Kier alpha value is -2.81. The van der Waals surface area contributed by atoms with Crippen LogP contribution in [0.4, 0.5) is 14.5 Å². The molecule has 0 saturated carbocycles. The first-order valence-electron chi connectivity index (χ1n) is 9.10. The Kier molecular flexibility index (Phi) is 4.65. The number of piperidine rings is 1. The summed E-state index contributed by atoms with van der Waals surface area (Å²) in [6.07, 6.45) is 0.0940. The Labute approximate surface area is 166 Å². The predicted molar refractivity (Wildman–Crippen MR) is 102 cm³/mol. The van der Waals surface area contributed by atoms with Crippen LogP contribution in [0.5, 0.6) is 0 Å². The van der Waals surface area contributed by atoms with Crippen LogP contribution >= 0.6 is 0 Å². The van der Waals surface area contributed by atoms with E-state index in [1.54, 1.807) is 30.3 Å². The van der Waals surface area contributed by atoms with Gasteiger partial charge >= 0.3 is 0 Å². The van der Waals surface area contributed by atoms with Crippen LogP contribution in [0.3, 0.4) is 0 Å². The number of halogens is 2. The minimum Gasteiger partial charge on any atom is -0.338 e. The largest absolute Gasteiger partial charge is 0.338 e. The quantitative estimate of drug-likeness (QED) is 0.748. The van der Waals surface area contributed by atoms with Crippen LogP contribution in [-0.4, -0.2) is 48.8 Å². The molecule has 29 heavy (non-hydrogen) atoms. The number of nitrogens with zero attached hydrogens (tertiary/aromatic N) is 2. The first-order chi connectivity index (χ1) is 13.7. The lowest BCUT2D eigenvalue weighted by atomic mass is 10.00. The fraction of sp³-hybridized carbons (Fsp3) is 0.300. The molecule has 2 saturated heterocycles. The molecule has 2 aromatic carbocycles. The van der Waals surface area contributed by atoms with Crippen molar-refractivity contribution in [2.24, 2.45) is 0 Å². The van der Waals surface area contributed by atoms with Crippen LogP contribution in [-0.2, 0) is 14.6 Å². The highest BCUT2D eigenvalue weighted by molar-refractivity contribution is 7.94. The number of likely N-dealkylation sites (tertiary alicyclic amines) is 1. The number of anilines is 1. The van der Waals surface area contributed by atoms with E-state index < -0.39 is 43.9 Å². The maximum atomic E-state index is 13.5. The fourth-order valence-electron chi connectivity index (χ4n) is 4.09. The number of carbonyl (C=O) groups excluding carboxylic acids is 2. The van der Waals surface area contributed by atoms with Crippen LogP contribution in [0.25, 0.3) is 0 Å². The highest BCUT2D eigenvalue weighted by atomic mass is 32.2. The standard InChI is InChI=1S/C20H18F2N2O4S/c21-16-7-6-14(12-17(16)22)19(26)23-10-8-20(9-11-23)24(15-4-2-1-3-5-15)18(25)13-29(20,27)28/h1-7,12H,8-11,13H2. The number of hydrogen-bond donors (Lipinski definition) is 0. The van der Waals surface area contributed by atoms with E-state index in [1.807, 2.05) is 0 Å². The van der Waals surface area contributed by atoms with E-state index >= 15 is 0 Å². The summed E-state index contributed by atoms with van der Waals surface area (Å²) in [7, 11) is -3.75. The maximum absolute atomic E-state index is 13.5. The van der Waals surface area contributed by atoms with Gasteiger partial charge in [-0.1, -0.05) is 18.2 Å². The fourth-order valence-corrected chi connectivity index (χ4v) is 6.10. The predicted octanol–water partition coefficient (Wildman–Crippen LogP) is 2.36. The van der Waals surface area contributed by atoms with Gasteiger partial charge in [-0.25, -0.2) is 17.2 Å². The number of amides is 2. The molecule has 0 bridgehead atoms. The molecule has 6 nitrogen and oxygen atoms in total. The molecule has 2 aromatic rings. The molecule has 0 N–H and O–H groups in total. The minimum absolute atomic E-state index is 0.00915. The second-order valence-electron chi connectivity index (χ2n) is 7.19. The van der Waals surface area contributed by atoms with Crippen LogP contribution in [0.15, 0.2) is 48.5 Å². The van der Waals surface area contributed by atoms with Crippen molar-refractivity contribution in [1.29, 1.82) is 0 Å². The van der Waals surface area contributed by atoms with Crippen molar-refractivity contribution in [2.75, 3.05) is 23.7 Å². The third kappa shape index (κ3) is 3.09. The highest BCUT2D eigenvalue weighted by Gasteiger charge is 2.59. The van der Waals surface area contributed by atoms with Crippen molar-refractivity contribution < 1.29 is 26.8 Å². The number of benzene rings is 2. The Morgan fingerprint density at radius 2 is 1.62 bits per heavy atom. The van der Waals surface area contributed by atoms with Crippen LogP contribution in [0.2, 0.25) is 0 Å². The van der Waals surface area contributed by atoms with Gasteiger partial charge in [0, 0.05) is 37.2 Å². The summed E-state index contributed by atoms with van der Waals surface area (Å²) in [5, 5.41) is 0. The van der Waals surface area contributed by atoms with Crippen molar-refractivity contribution in [2.45, 2.75) is 17.7 Å². The van der Waals surface area contributed by atoms with Gasteiger partial charge in [0.05, 0.1) is 0 Å². The second kappa shape index (κ2) is 6.91. The zero-order chi connectivity index (χ0) is 20.8. The highest BCUT2D eigenvalue weighted by Crippen LogP contribution is 2.42. The molecule has 9 heteroatoms. The molecular formula is C20H18F2N2O4S. The third-order valence-electron chi connectivity index (χ3n) is 5.56. The molecule has 0 radical (unpaired) electrons. The van der Waals surface area contributed by atoms with Crippen LogP contribution in [0.1, 0.15) is 23.2 Å². The molecule has 0 aliphatic carbocycles. The van der Waals surface area contributed by atoms with Crippen LogP contribution in [0, 0.1) is 11.6 Å². The SMILES string of the molecule is O=C(c1ccc(F)c(F)c1)N1CCC2(CC1)N(c1ccccc1)C(=O)CS2(=O)=O. The Balaban J connectivity index is 1.61. The topological polar surface area (TPSA) is 74.8 Å². The lowest BCUT2D eigenvalue weighted by Crippen LogP contribution is -2.57. The summed E-state index contributed by atoms with van der Waals surface area (Å²) in [6, 6.07) is 11.5. The molecular weight excluding hydrogens is 402 g/mol. The number of sulfone groups is 1. The molecule has 2 aliphatic rings. The molecule has 152 valence electrons. The van der Waals surface area contributed by atoms with Gasteiger partial charge in [0.2, 0.25) is 5.91 Å². The average molecular weight is 420 g/mol. The first-order valence-corrected chi connectivity index (χ1v) is 10.8. The van der Waals surface area contributed by atoms with Gasteiger partial charge in [0.15, 0.2) is 26.3 Å². The molecule has 0 atom stereocenters. The van der Waals surface area contributed by atoms with Crippen molar-refractivity contribution in [3.63, 3.8) is 0 Å². The summed E-state index contributed by atoms with van der Waals surface area (Å²) >= 11 is 0. The lowest BCUT2D eigenvalue weighted by Gasteiger charge is -2.43. The smallest absolute Gasteiger partial charge is 0.253 e. The zero-order valence-electron chi connectivity index (χ0n) is 15.3. The first kappa shape index (κ1) is 19.5.